The van der Waals surface area contributed by atoms with Gasteiger partial charge in [-0.25, -0.2) is 17.9 Å². The zero-order valence-electron chi connectivity index (χ0n) is 18.3. The van der Waals surface area contributed by atoms with Gasteiger partial charge in [0.15, 0.2) is 16.4 Å². The first-order valence-electron chi connectivity index (χ1n) is 10.1. The number of ether oxygens (including phenoxy) is 1. The van der Waals surface area contributed by atoms with Crippen LogP contribution in [0.25, 0.3) is 6.08 Å². The number of hydrogen-bond donors (Lipinski definition) is 0. The Balaban J connectivity index is 1.65. The molecular weight excluding hydrogens is 454 g/mol. The van der Waals surface area contributed by atoms with Crippen LogP contribution < -0.4 is 0 Å². The van der Waals surface area contributed by atoms with Gasteiger partial charge in [-0.1, -0.05) is 17.7 Å². The molecule has 0 spiro atoms. The third kappa shape index (κ3) is 5.05. The van der Waals surface area contributed by atoms with E-state index in [0.29, 0.717) is 29.8 Å². The van der Waals surface area contributed by atoms with E-state index in [9.17, 15) is 18.0 Å². The number of aromatic nitrogens is 3. The van der Waals surface area contributed by atoms with Gasteiger partial charge in [0.1, 0.15) is 5.15 Å². The highest BCUT2D eigenvalue weighted by atomic mass is 35.5. The maximum Gasteiger partial charge on any atom is 0.331 e. The van der Waals surface area contributed by atoms with E-state index < -0.39 is 15.8 Å². The van der Waals surface area contributed by atoms with E-state index in [1.54, 1.807) is 19.1 Å². The number of rotatable bonds is 8. The van der Waals surface area contributed by atoms with Gasteiger partial charge in [-0.15, -0.1) is 6.58 Å². The van der Waals surface area contributed by atoms with Crippen LogP contribution in [0, 0.1) is 20.8 Å². The normalized spacial score (nSPS) is 17.7. The first-order chi connectivity index (χ1) is 15.0. The molecule has 1 aliphatic heterocycles. The monoisotopic (exact) mass is 479 g/mol. The molecule has 0 N–H and O–H groups in total. The van der Waals surface area contributed by atoms with Crippen LogP contribution in [0.2, 0.25) is 5.15 Å². The molecule has 0 aliphatic carbocycles. The number of nitrogens with zero attached hydrogens (tertiary/aromatic N) is 3. The first-order valence-corrected chi connectivity index (χ1v) is 12.3. The van der Waals surface area contributed by atoms with Crippen molar-refractivity contribution in [2.75, 3.05) is 18.1 Å². The summed E-state index contributed by atoms with van der Waals surface area (Å²) in [6.07, 6.45) is 4.84. The Kier molecular flexibility index (Phi) is 7.09. The fourth-order valence-corrected chi connectivity index (χ4v) is 5.91. The van der Waals surface area contributed by atoms with E-state index >= 15 is 0 Å². The van der Waals surface area contributed by atoms with Crippen molar-refractivity contribution in [1.82, 2.24) is 14.3 Å². The van der Waals surface area contributed by atoms with Crippen LogP contribution in [0.15, 0.2) is 24.8 Å². The van der Waals surface area contributed by atoms with E-state index in [2.05, 4.69) is 11.7 Å². The van der Waals surface area contributed by atoms with Gasteiger partial charge in [0.2, 0.25) is 5.78 Å². The number of carbonyl (C=O) groups excluding carboxylic acids is 2. The zero-order valence-corrected chi connectivity index (χ0v) is 19.9. The highest BCUT2D eigenvalue weighted by Crippen LogP contribution is 2.30. The van der Waals surface area contributed by atoms with Crippen LogP contribution >= 0.6 is 11.6 Å². The summed E-state index contributed by atoms with van der Waals surface area (Å²) in [6, 6.07) is 1.45. The van der Waals surface area contributed by atoms with Gasteiger partial charge in [0.05, 0.1) is 23.2 Å². The lowest BCUT2D eigenvalue weighted by Gasteiger charge is -2.09. The second kappa shape index (κ2) is 9.46. The number of halogens is 1. The quantitative estimate of drug-likeness (QED) is 0.249. The molecule has 0 radical (unpaired) electrons. The Morgan fingerprint density at radius 2 is 2.06 bits per heavy atom. The van der Waals surface area contributed by atoms with Crippen molar-refractivity contribution in [3.8, 4) is 0 Å². The Hall–Kier alpha value is -2.65. The minimum atomic E-state index is -3.09. The molecule has 0 unspecified atom stereocenters. The summed E-state index contributed by atoms with van der Waals surface area (Å²) in [6.45, 7) is 9.38. The molecule has 0 amide bonds. The Labute approximate surface area is 192 Å². The largest absolute Gasteiger partial charge is 0.454 e. The molecular formula is C22H26ClN3O5S. The van der Waals surface area contributed by atoms with Crippen molar-refractivity contribution in [2.24, 2.45) is 0 Å². The molecule has 2 aromatic heterocycles. The minimum Gasteiger partial charge on any atom is -0.454 e. The summed E-state index contributed by atoms with van der Waals surface area (Å²) in [7, 11) is -3.09. The molecule has 1 atom stereocenters. The smallest absolute Gasteiger partial charge is 0.331 e. The van der Waals surface area contributed by atoms with E-state index in [1.807, 2.05) is 18.4 Å². The van der Waals surface area contributed by atoms with Gasteiger partial charge < -0.3 is 9.30 Å². The van der Waals surface area contributed by atoms with E-state index in [0.717, 1.165) is 11.4 Å². The average molecular weight is 480 g/mol. The van der Waals surface area contributed by atoms with Gasteiger partial charge in [0, 0.05) is 35.1 Å². The lowest BCUT2D eigenvalue weighted by molar-refractivity contribution is -0.136. The summed E-state index contributed by atoms with van der Waals surface area (Å²) in [5, 5.41) is 4.60. The van der Waals surface area contributed by atoms with Gasteiger partial charge in [0.25, 0.3) is 0 Å². The maximum absolute atomic E-state index is 12.5. The molecule has 32 heavy (non-hydrogen) atoms. The summed E-state index contributed by atoms with van der Waals surface area (Å²) < 4.78 is 32.0. The molecule has 0 aromatic carbocycles. The molecule has 2 aromatic rings. The van der Waals surface area contributed by atoms with Crippen LogP contribution in [0.4, 0.5) is 0 Å². The number of carbonyl (C=O) groups is 2. The molecule has 8 nitrogen and oxygen atoms in total. The van der Waals surface area contributed by atoms with Gasteiger partial charge in [-0.2, -0.15) is 5.10 Å². The van der Waals surface area contributed by atoms with Crippen molar-refractivity contribution >= 4 is 39.3 Å². The van der Waals surface area contributed by atoms with E-state index in [4.69, 9.17) is 16.3 Å². The third-order valence-corrected chi connectivity index (χ3v) is 7.67. The molecule has 172 valence electrons. The summed E-state index contributed by atoms with van der Waals surface area (Å²) in [4.78, 5) is 24.7. The molecule has 1 aliphatic rings. The number of ketones is 1. The zero-order chi connectivity index (χ0) is 23.6. The van der Waals surface area contributed by atoms with Crippen molar-refractivity contribution in [1.29, 1.82) is 0 Å². The van der Waals surface area contributed by atoms with E-state index in [-0.39, 0.29) is 35.1 Å². The second-order valence-corrected chi connectivity index (χ2v) is 10.4. The first kappa shape index (κ1) is 24.0. The molecule has 1 saturated heterocycles. The highest BCUT2D eigenvalue weighted by Gasteiger charge is 2.31. The number of allylic oxidation sites excluding steroid dienone is 1. The molecule has 0 bridgehead atoms. The number of hydrogen-bond acceptors (Lipinski definition) is 6. The minimum absolute atomic E-state index is 0.00539. The number of aryl methyl sites for hydroxylation is 2. The van der Waals surface area contributed by atoms with Crippen molar-refractivity contribution in [2.45, 2.75) is 39.8 Å². The third-order valence-electron chi connectivity index (χ3n) is 5.54. The van der Waals surface area contributed by atoms with Gasteiger partial charge in [-0.05, 0) is 39.3 Å². The predicted molar refractivity (Wildman–Crippen MR) is 123 cm³/mol. The Morgan fingerprint density at radius 3 is 2.69 bits per heavy atom. The summed E-state index contributed by atoms with van der Waals surface area (Å²) in [5.41, 5.74) is 3.30. The van der Waals surface area contributed by atoms with Crippen LogP contribution in [-0.2, 0) is 25.9 Å². The number of esters is 1. The fourth-order valence-electron chi connectivity index (χ4n) is 3.84. The van der Waals surface area contributed by atoms with Crippen LogP contribution in [0.3, 0.4) is 0 Å². The summed E-state index contributed by atoms with van der Waals surface area (Å²) in [5.74, 6) is -0.882. The highest BCUT2D eigenvalue weighted by molar-refractivity contribution is 7.91. The Morgan fingerprint density at radius 1 is 1.34 bits per heavy atom. The van der Waals surface area contributed by atoms with Crippen LogP contribution in [0.5, 0.6) is 0 Å². The van der Waals surface area contributed by atoms with Crippen molar-refractivity contribution in [3.05, 3.63) is 58.2 Å². The molecule has 3 rings (SSSR count). The van der Waals surface area contributed by atoms with Crippen molar-refractivity contribution < 1.29 is 22.7 Å². The average Bonchev–Trinajstić information content (AvgIpc) is 3.33. The van der Waals surface area contributed by atoms with Crippen molar-refractivity contribution in [3.63, 3.8) is 0 Å². The lowest BCUT2D eigenvalue weighted by Crippen LogP contribution is -2.13. The Bertz CT molecular complexity index is 1210. The summed E-state index contributed by atoms with van der Waals surface area (Å²) >= 11 is 6.39. The maximum atomic E-state index is 12.5. The van der Waals surface area contributed by atoms with Gasteiger partial charge in [-0.3, -0.25) is 4.79 Å². The standard InChI is InChI=1S/C22H26ClN3O5S/c1-5-9-25-14(2)11-19(16(25)4)20(27)12-31-21(28)7-6-18-15(3)24-26(22(18)23)17-8-10-32(29,30)13-17/h5-7,11,17H,1,8-10,12-13H2,2-4H3/b7-6+/t17-/m1/s1. The molecule has 10 heteroatoms. The fraction of sp³-hybridized carbons (Fsp3) is 0.409. The number of sulfone groups is 1. The van der Waals surface area contributed by atoms with Crippen LogP contribution in [-0.4, -0.2) is 52.6 Å². The van der Waals surface area contributed by atoms with Gasteiger partial charge >= 0.3 is 5.97 Å². The molecule has 1 fully saturated rings. The lowest BCUT2D eigenvalue weighted by atomic mass is 10.1. The topological polar surface area (TPSA) is 100 Å². The predicted octanol–water partition coefficient (Wildman–Crippen LogP) is 3.25. The number of Topliss-reactive ketones (excluding diaryl/α,β-unsaturated/α-hetero) is 1. The van der Waals surface area contributed by atoms with E-state index in [1.165, 1.54) is 16.8 Å². The SMILES string of the molecule is C=CCn1c(C)cc(C(=O)COC(=O)/C=C/c2c(C)nn([C@@H]3CCS(=O)(=O)C3)c2Cl)c1C. The molecule has 0 saturated carbocycles. The second-order valence-electron chi connectivity index (χ2n) is 7.84. The van der Waals surface area contributed by atoms with Crippen LogP contribution in [0.1, 0.15) is 45.5 Å². The molecule has 3 heterocycles.